The molecule has 0 amide bonds. The van der Waals surface area contributed by atoms with Gasteiger partial charge in [0.25, 0.3) is 0 Å². The van der Waals surface area contributed by atoms with E-state index in [-0.39, 0.29) is 0 Å². The average molecular weight is 213 g/mol. The Morgan fingerprint density at radius 3 is 2.71 bits per heavy atom. The van der Waals surface area contributed by atoms with Crippen LogP contribution in [0.1, 0.15) is 25.8 Å². The van der Waals surface area contributed by atoms with E-state index in [9.17, 15) is 0 Å². The van der Waals surface area contributed by atoms with E-state index in [4.69, 9.17) is 11.6 Å². The third-order valence-corrected chi connectivity index (χ3v) is 2.79. The quantitative estimate of drug-likeness (QED) is 0.714. The highest BCUT2D eigenvalue weighted by Gasteiger charge is 2.06. The van der Waals surface area contributed by atoms with Crippen molar-refractivity contribution in [2.24, 2.45) is 0 Å². The van der Waals surface area contributed by atoms with Gasteiger partial charge in [0, 0.05) is 18.8 Å². The molecule has 14 heavy (non-hydrogen) atoms. The lowest BCUT2D eigenvalue weighted by atomic mass is 10.2. The largest absolute Gasteiger partial charge is 0.299 e. The molecule has 2 nitrogen and oxygen atoms in total. The van der Waals surface area contributed by atoms with Crippen LogP contribution in [0.15, 0.2) is 18.3 Å². The maximum atomic E-state index is 5.71. The summed E-state index contributed by atoms with van der Waals surface area (Å²) in [5.74, 6) is 0. The SMILES string of the molecule is CCC(C)N(C)Cc1ccc(Cl)nc1. The van der Waals surface area contributed by atoms with Gasteiger partial charge in [-0.25, -0.2) is 4.98 Å². The molecule has 0 aliphatic carbocycles. The number of nitrogens with zero attached hydrogens (tertiary/aromatic N) is 2. The molecule has 0 saturated carbocycles. The summed E-state index contributed by atoms with van der Waals surface area (Å²) in [4.78, 5) is 6.37. The second kappa shape index (κ2) is 5.32. The fraction of sp³-hybridized carbons (Fsp3) is 0.545. The van der Waals surface area contributed by atoms with Gasteiger partial charge in [0.05, 0.1) is 0 Å². The minimum Gasteiger partial charge on any atom is -0.299 e. The lowest BCUT2D eigenvalue weighted by Gasteiger charge is -2.23. The highest BCUT2D eigenvalue weighted by Crippen LogP contribution is 2.09. The number of hydrogen-bond donors (Lipinski definition) is 0. The van der Waals surface area contributed by atoms with Crippen LogP contribution < -0.4 is 0 Å². The van der Waals surface area contributed by atoms with Gasteiger partial charge in [-0.05, 0) is 32.0 Å². The van der Waals surface area contributed by atoms with Crippen molar-refractivity contribution in [1.82, 2.24) is 9.88 Å². The molecule has 0 aliphatic heterocycles. The molecule has 0 aliphatic rings. The zero-order valence-corrected chi connectivity index (χ0v) is 9.75. The normalized spacial score (nSPS) is 13.2. The molecule has 1 aromatic heterocycles. The lowest BCUT2D eigenvalue weighted by molar-refractivity contribution is 0.243. The molecule has 78 valence electrons. The number of halogens is 1. The van der Waals surface area contributed by atoms with Crippen LogP contribution >= 0.6 is 11.6 Å². The smallest absolute Gasteiger partial charge is 0.129 e. The monoisotopic (exact) mass is 212 g/mol. The third-order valence-electron chi connectivity index (χ3n) is 2.56. The molecule has 0 saturated heterocycles. The Morgan fingerprint density at radius 2 is 2.21 bits per heavy atom. The molecule has 0 N–H and O–H groups in total. The summed E-state index contributed by atoms with van der Waals surface area (Å²) >= 11 is 5.71. The molecule has 3 heteroatoms. The summed E-state index contributed by atoms with van der Waals surface area (Å²) < 4.78 is 0. The van der Waals surface area contributed by atoms with Crippen LogP contribution in [0.2, 0.25) is 5.15 Å². The van der Waals surface area contributed by atoms with Crippen molar-refractivity contribution in [3.05, 3.63) is 29.0 Å². The van der Waals surface area contributed by atoms with Crippen LogP contribution in [-0.4, -0.2) is 23.0 Å². The van der Waals surface area contributed by atoms with Crippen LogP contribution in [-0.2, 0) is 6.54 Å². The fourth-order valence-corrected chi connectivity index (χ4v) is 1.37. The molecule has 0 bridgehead atoms. The molecule has 1 atom stereocenters. The molecule has 0 aromatic carbocycles. The Hall–Kier alpha value is -0.600. The summed E-state index contributed by atoms with van der Waals surface area (Å²) in [5, 5.41) is 0.556. The van der Waals surface area contributed by atoms with Gasteiger partial charge in [-0.2, -0.15) is 0 Å². The Bertz CT molecular complexity index is 271. The zero-order valence-electron chi connectivity index (χ0n) is 9.00. The summed E-state index contributed by atoms with van der Waals surface area (Å²) in [6.07, 6.45) is 3.00. The number of pyridine rings is 1. The second-order valence-electron chi connectivity index (χ2n) is 3.66. The van der Waals surface area contributed by atoms with Gasteiger partial charge in [-0.3, -0.25) is 4.90 Å². The number of rotatable bonds is 4. The maximum Gasteiger partial charge on any atom is 0.129 e. The number of hydrogen-bond acceptors (Lipinski definition) is 2. The van der Waals surface area contributed by atoms with Gasteiger partial charge in [0.15, 0.2) is 0 Å². The zero-order chi connectivity index (χ0) is 10.6. The molecule has 1 heterocycles. The van der Waals surface area contributed by atoms with Crippen molar-refractivity contribution >= 4 is 11.6 Å². The van der Waals surface area contributed by atoms with Crippen LogP contribution in [0.25, 0.3) is 0 Å². The predicted octanol–water partition coefficient (Wildman–Crippen LogP) is 2.97. The lowest BCUT2D eigenvalue weighted by Crippen LogP contribution is -2.27. The molecular formula is C11H17ClN2. The van der Waals surface area contributed by atoms with E-state index in [1.54, 1.807) is 0 Å². The van der Waals surface area contributed by atoms with Crippen molar-refractivity contribution in [3.8, 4) is 0 Å². The van der Waals surface area contributed by atoms with Gasteiger partial charge in [0.2, 0.25) is 0 Å². The van der Waals surface area contributed by atoms with Gasteiger partial charge in [-0.15, -0.1) is 0 Å². The predicted molar refractivity (Wildman–Crippen MR) is 60.5 cm³/mol. The van der Waals surface area contributed by atoms with E-state index in [0.717, 1.165) is 13.0 Å². The molecule has 1 rings (SSSR count). The molecule has 0 spiro atoms. The second-order valence-corrected chi connectivity index (χ2v) is 4.05. The van der Waals surface area contributed by atoms with Crippen LogP contribution in [0.5, 0.6) is 0 Å². The van der Waals surface area contributed by atoms with Gasteiger partial charge in [0.1, 0.15) is 5.15 Å². The van der Waals surface area contributed by atoms with E-state index in [1.807, 2.05) is 18.3 Å². The van der Waals surface area contributed by atoms with Crippen LogP contribution in [0.4, 0.5) is 0 Å². The molecule has 1 unspecified atom stereocenters. The highest BCUT2D eigenvalue weighted by atomic mass is 35.5. The summed E-state index contributed by atoms with van der Waals surface area (Å²) in [5.41, 5.74) is 1.21. The van der Waals surface area contributed by atoms with Gasteiger partial charge < -0.3 is 0 Å². The minimum absolute atomic E-state index is 0.556. The molecule has 0 radical (unpaired) electrons. The van der Waals surface area contributed by atoms with Crippen molar-refractivity contribution in [2.75, 3.05) is 7.05 Å². The Kier molecular flexibility index (Phi) is 4.36. The van der Waals surface area contributed by atoms with Crippen molar-refractivity contribution in [2.45, 2.75) is 32.9 Å². The highest BCUT2D eigenvalue weighted by molar-refractivity contribution is 6.29. The third kappa shape index (κ3) is 3.28. The van der Waals surface area contributed by atoms with E-state index < -0.39 is 0 Å². The van der Waals surface area contributed by atoms with Crippen molar-refractivity contribution < 1.29 is 0 Å². The molecule has 1 aromatic rings. The van der Waals surface area contributed by atoms with Crippen molar-refractivity contribution in [1.29, 1.82) is 0 Å². The first-order chi connectivity index (χ1) is 6.63. The van der Waals surface area contributed by atoms with E-state index in [1.165, 1.54) is 5.56 Å². The first kappa shape index (κ1) is 11.5. The Balaban J connectivity index is 2.56. The standard InChI is InChI=1S/C11H17ClN2/c1-4-9(2)14(3)8-10-5-6-11(12)13-7-10/h5-7,9H,4,8H2,1-3H3. The minimum atomic E-state index is 0.556. The van der Waals surface area contributed by atoms with Gasteiger partial charge in [-0.1, -0.05) is 24.6 Å². The Labute approximate surface area is 90.9 Å². The van der Waals surface area contributed by atoms with Crippen LogP contribution in [0.3, 0.4) is 0 Å². The first-order valence-electron chi connectivity index (χ1n) is 4.94. The molecule has 0 fully saturated rings. The van der Waals surface area contributed by atoms with Crippen LogP contribution in [0, 0.1) is 0 Å². The van der Waals surface area contributed by atoms with E-state index >= 15 is 0 Å². The summed E-state index contributed by atoms with van der Waals surface area (Å²) in [6.45, 7) is 5.35. The molecular weight excluding hydrogens is 196 g/mol. The van der Waals surface area contributed by atoms with E-state index in [0.29, 0.717) is 11.2 Å². The average Bonchev–Trinajstić information content (AvgIpc) is 2.20. The Morgan fingerprint density at radius 1 is 1.50 bits per heavy atom. The topological polar surface area (TPSA) is 16.1 Å². The summed E-state index contributed by atoms with van der Waals surface area (Å²) in [7, 11) is 2.13. The first-order valence-corrected chi connectivity index (χ1v) is 5.32. The summed E-state index contributed by atoms with van der Waals surface area (Å²) in [6, 6.07) is 4.46. The fourth-order valence-electron chi connectivity index (χ4n) is 1.26. The maximum absolute atomic E-state index is 5.71. The van der Waals surface area contributed by atoms with Gasteiger partial charge >= 0.3 is 0 Å². The number of aromatic nitrogens is 1. The van der Waals surface area contributed by atoms with E-state index in [2.05, 4.69) is 30.8 Å². The van der Waals surface area contributed by atoms with Crippen molar-refractivity contribution in [3.63, 3.8) is 0 Å².